The number of carbonyl (C=O) groups is 6. The van der Waals surface area contributed by atoms with Crippen LogP contribution in [0.15, 0.2) is 146 Å². The lowest BCUT2D eigenvalue weighted by molar-refractivity contribution is -0.119. The predicted molar refractivity (Wildman–Crippen MR) is 518 cm³/mol. The number of hydrogen-bond acceptors (Lipinski definition) is 15. The molecule has 6 rings (SSSR count). The van der Waals surface area contributed by atoms with Crippen LogP contribution in [0, 0.1) is 35.5 Å². The Morgan fingerprint density at radius 2 is 0.548 bits per heavy atom. The average Bonchev–Trinajstić information content (AvgIpc) is 0.901. The van der Waals surface area contributed by atoms with Gasteiger partial charge in [0.2, 0.25) is 11.8 Å². The second-order valence-electron chi connectivity index (χ2n) is 34.5. The minimum atomic E-state index is -0.273. The van der Waals surface area contributed by atoms with Gasteiger partial charge in [-0.25, -0.2) is 0 Å². The van der Waals surface area contributed by atoms with Crippen LogP contribution in [0.5, 0.6) is 0 Å². The van der Waals surface area contributed by atoms with Gasteiger partial charge >= 0.3 is 0 Å². The maximum Gasteiger partial charge on any atom is 0.251 e. The van der Waals surface area contributed by atoms with E-state index in [0.29, 0.717) is 158 Å². The number of ether oxygens (including phenoxy) is 7. The first-order valence-electron chi connectivity index (χ1n) is 46.8. The molecule has 0 spiro atoms. The molecule has 6 aromatic rings. The molecule has 0 unspecified atom stereocenters. The van der Waals surface area contributed by atoms with Crippen molar-refractivity contribution in [2.24, 2.45) is 41.2 Å². The van der Waals surface area contributed by atoms with Gasteiger partial charge in [-0.1, -0.05) is 220 Å². The molecule has 6 aromatic carbocycles. The summed E-state index contributed by atoms with van der Waals surface area (Å²) in [4.78, 5) is 69.3. The summed E-state index contributed by atoms with van der Waals surface area (Å²) in [5.74, 6) is 3.78. The van der Waals surface area contributed by atoms with Crippen molar-refractivity contribution in [3.63, 3.8) is 0 Å². The second-order valence-corrected chi connectivity index (χ2v) is 34.5. The Morgan fingerprint density at radius 1 is 0.310 bits per heavy atom. The number of nitrogens with one attached hydrogen (secondary N) is 5. The van der Waals surface area contributed by atoms with Crippen LogP contribution in [0.25, 0.3) is 0 Å². The molecule has 0 bridgehead atoms. The lowest BCUT2D eigenvalue weighted by atomic mass is 10.0. The molecule has 9 N–H and O–H groups in total. The molecule has 6 amide bonds. The first kappa shape index (κ1) is 118. The van der Waals surface area contributed by atoms with Gasteiger partial charge in [-0.3, -0.25) is 28.8 Å². The van der Waals surface area contributed by atoms with E-state index in [2.05, 4.69) is 160 Å². The van der Waals surface area contributed by atoms with Crippen LogP contribution in [0.4, 0.5) is 0 Å². The lowest BCUT2D eigenvalue weighted by Gasteiger charge is -2.08. The highest BCUT2D eigenvalue weighted by Gasteiger charge is 2.12. The number of aliphatic hydroxyl groups excluding tert-OH is 2. The number of unbranched alkanes of at least 4 members (excludes halogenated alkanes) is 4. The highest BCUT2D eigenvalue weighted by atomic mass is 16.5. The van der Waals surface area contributed by atoms with Crippen molar-refractivity contribution < 1.29 is 72.1 Å². The van der Waals surface area contributed by atoms with Gasteiger partial charge in [0, 0.05) is 88.3 Å². The molecule has 0 fully saturated rings. The fourth-order valence-corrected chi connectivity index (χ4v) is 11.4. The summed E-state index contributed by atoms with van der Waals surface area (Å²) in [6, 6.07) is 48.0. The summed E-state index contributed by atoms with van der Waals surface area (Å²) in [6.45, 7) is 46.0. The number of rotatable bonds is 57. The van der Waals surface area contributed by atoms with Crippen molar-refractivity contribution in [1.82, 2.24) is 26.6 Å². The number of hydrogen-bond donors (Lipinski definition) is 8. The van der Waals surface area contributed by atoms with Crippen LogP contribution in [0.3, 0.4) is 0 Å². The number of primary amides is 1. The number of aliphatic hydroxyl groups is 2. The van der Waals surface area contributed by atoms with Gasteiger partial charge in [0.1, 0.15) is 0 Å². The third-order valence-corrected chi connectivity index (χ3v) is 19.2. The molecule has 0 aliphatic rings. The smallest absolute Gasteiger partial charge is 0.251 e. The Hall–Kier alpha value is -8.22. The Labute approximate surface area is 761 Å². The molecule has 126 heavy (non-hydrogen) atoms. The molecule has 21 nitrogen and oxygen atoms in total. The van der Waals surface area contributed by atoms with Crippen LogP contribution in [-0.2, 0) is 94.2 Å². The lowest BCUT2D eigenvalue weighted by Crippen LogP contribution is -2.27. The van der Waals surface area contributed by atoms with Gasteiger partial charge < -0.3 is 75.7 Å². The molecule has 0 radical (unpaired) electrons. The third-order valence-electron chi connectivity index (χ3n) is 19.2. The quantitative estimate of drug-likeness (QED) is 0.0165. The first-order valence-corrected chi connectivity index (χ1v) is 46.8. The highest BCUT2D eigenvalue weighted by molar-refractivity contribution is 5.95. The van der Waals surface area contributed by atoms with Crippen LogP contribution < -0.4 is 32.3 Å². The third kappa shape index (κ3) is 71.8. The fourth-order valence-electron chi connectivity index (χ4n) is 11.4. The zero-order valence-electron chi connectivity index (χ0n) is 81.0. The zero-order valence-corrected chi connectivity index (χ0v) is 81.0. The van der Waals surface area contributed by atoms with Crippen molar-refractivity contribution in [3.8, 4) is 0 Å². The first-order chi connectivity index (χ1) is 60.4. The molecule has 0 atom stereocenters. The number of methoxy groups -OCH3 is 1. The molecule has 0 saturated carbocycles. The fraction of sp³-hybridized carbons (Fsp3) is 0.600. The number of carbonyl (C=O) groups excluding carboxylic acids is 6. The topological polar surface area (TPSA) is 294 Å². The van der Waals surface area contributed by atoms with Crippen molar-refractivity contribution in [2.45, 2.75) is 252 Å². The van der Waals surface area contributed by atoms with Crippen molar-refractivity contribution in [2.75, 3.05) is 126 Å². The van der Waals surface area contributed by atoms with Crippen LogP contribution in [0.2, 0.25) is 0 Å². The summed E-state index contributed by atoms with van der Waals surface area (Å²) >= 11 is 0. The predicted octanol–water partition coefficient (Wildman–Crippen LogP) is 18.7. The molecular formula is C105H170N6O15. The Kier molecular flexibility index (Phi) is 73.8. The maximum absolute atomic E-state index is 12.1. The standard InChI is InChI=1S/C22H37NO3.C20H33NO3.C17H27NO3.C16H25NO3.C14H21NO.C13H19NO.C3H8O/c1-4-5-6-7-15-25-17-18-26-16-14-23-22(24)21-12-10-20(11-13-21)9-8-19(2)3;1-4-5-13-23-15-16-24-14-12-21-20(22)19-10-8-18(9-11-19)7-6-17(2)3;1-14(2)4-5-15-6-8-16(9-7-15)17(19)18-10-11-21-13-12-20-3;1-13(2)3-4-14-5-7-15(8-6-14)16(19)17-9-11-20-12-10-18;1-11(2)4-5-13-6-8-14(9-7-13)10-15-12(3)16;1-10(2)3-4-11-5-7-12(8-6-11)9-13(14)15;1-3(2)4/h10-13,19H,4-9,14-18H2,1-3H3,(H,23,24);8-11,17H,4-7,12-16H2,1-3H3,(H,21,22);6-9,14H,4-5,10-13H2,1-3H3,(H,18,19);5-8,13,18H,3-4,9-12H2,1-2H3,(H,17,19);6-9,11H,4-5,10H2,1-3H3,(H,15,16);5-8,10H,3-4,9H2,1-2H3,(H2,14,15);3-4H,1-2H3. The number of nitrogens with two attached hydrogens (primary N) is 1. The summed E-state index contributed by atoms with van der Waals surface area (Å²) in [6.07, 6.45) is 20.9. The van der Waals surface area contributed by atoms with Gasteiger partial charge in [-0.2, -0.15) is 0 Å². The number of aryl methyl sites for hydroxylation is 6. The van der Waals surface area contributed by atoms with E-state index in [9.17, 15) is 28.8 Å². The Morgan fingerprint density at radius 3 is 0.794 bits per heavy atom. The van der Waals surface area contributed by atoms with Crippen LogP contribution >= 0.6 is 0 Å². The number of benzene rings is 6. The van der Waals surface area contributed by atoms with Crippen molar-refractivity contribution in [3.05, 3.63) is 212 Å². The maximum atomic E-state index is 12.1. The van der Waals surface area contributed by atoms with E-state index in [0.717, 1.165) is 100 Å². The van der Waals surface area contributed by atoms with Gasteiger partial charge in [0.25, 0.3) is 23.6 Å². The van der Waals surface area contributed by atoms with E-state index < -0.39 is 0 Å². The van der Waals surface area contributed by atoms with E-state index in [1.165, 1.54) is 91.7 Å². The normalized spacial score (nSPS) is 10.8. The van der Waals surface area contributed by atoms with Crippen molar-refractivity contribution in [1.29, 1.82) is 0 Å². The van der Waals surface area contributed by atoms with E-state index >= 15 is 0 Å². The number of amides is 6. The summed E-state index contributed by atoms with van der Waals surface area (Å²) < 4.78 is 37.1. The molecule has 21 heteroatoms. The molecule has 0 saturated heterocycles. The average molecular weight is 1760 g/mol. The molecule has 710 valence electrons. The Balaban J connectivity index is 0.00000149. The van der Waals surface area contributed by atoms with E-state index in [-0.39, 0.29) is 48.2 Å². The minimum absolute atomic E-state index is 0.00574. The molecule has 0 aliphatic heterocycles. The SMILES string of the molecule is CC(=O)NCc1ccc(CCC(C)C)cc1.CC(C)CCc1ccc(C(=O)NCCOCCO)cc1.CC(C)CCc1ccc(CC(N)=O)cc1.CC(C)O.CCCCCCOCCOCCNC(=O)c1ccc(CCC(C)C)cc1.CCCCOCCOCCNC(=O)c1ccc(CCC(C)C)cc1.COCCOCCNC(=O)c1ccc(CCC(C)C)cc1. The second kappa shape index (κ2) is 79.0. The van der Waals surface area contributed by atoms with Crippen molar-refractivity contribution >= 4 is 35.4 Å². The van der Waals surface area contributed by atoms with Crippen LogP contribution in [0.1, 0.15) is 281 Å². The molecular weight excluding hydrogens is 1590 g/mol. The highest BCUT2D eigenvalue weighted by Crippen LogP contribution is 2.17. The summed E-state index contributed by atoms with van der Waals surface area (Å²) in [5, 5.41) is 30.8. The van der Waals surface area contributed by atoms with E-state index in [4.69, 9.17) is 49.1 Å². The van der Waals surface area contributed by atoms with Crippen LogP contribution in [-0.4, -0.2) is 178 Å². The van der Waals surface area contributed by atoms with Gasteiger partial charge in [0.05, 0.1) is 85.7 Å². The minimum Gasteiger partial charge on any atom is -0.394 e. The monoisotopic (exact) mass is 1760 g/mol. The largest absolute Gasteiger partial charge is 0.394 e. The van der Waals surface area contributed by atoms with E-state index in [1.807, 2.05) is 109 Å². The zero-order chi connectivity index (χ0) is 93.8. The summed E-state index contributed by atoms with van der Waals surface area (Å²) in [5.41, 5.74) is 17.9. The van der Waals surface area contributed by atoms with E-state index in [1.54, 1.807) is 21.0 Å². The van der Waals surface area contributed by atoms with Gasteiger partial charge in [-0.15, -0.1) is 0 Å². The Bertz CT molecular complexity index is 3610. The van der Waals surface area contributed by atoms with Gasteiger partial charge in [-0.05, 0) is 232 Å². The summed E-state index contributed by atoms with van der Waals surface area (Å²) in [7, 11) is 1.63. The molecule has 0 aliphatic carbocycles. The van der Waals surface area contributed by atoms with Gasteiger partial charge in [0.15, 0.2) is 0 Å². The molecule has 0 heterocycles. The molecule has 0 aromatic heterocycles.